The Kier molecular flexibility index (Phi) is 8.13. The third-order valence-corrected chi connectivity index (χ3v) is 8.43. The molecule has 0 amide bonds. The van der Waals surface area contributed by atoms with Crippen LogP contribution in [0.15, 0.2) is 35.2 Å². The summed E-state index contributed by atoms with van der Waals surface area (Å²) >= 11 is 1.60. The van der Waals surface area contributed by atoms with Crippen molar-refractivity contribution in [1.82, 2.24) is 4.90 Å². The fourth-order valence-electron chi connectivity index (χ4n) is 2.01. The highest BCUT2D eigenvalue weighted by molar-refractivity contribution is 7.99. The van der Waals surface area contributed by atoms with E-state index in [1.165, 1.54) is 0 Å². The van der Waals surface area contributed by atoms with Crippen molar-refractivity contribution in [2.24, 2.45) is 0 Å². The van der Waals surface area contributed by atoms with E-state index in [9.17, 15) is 14.2 Å². The van der Waals surface area contributed by atoms with Gasteiger partial charge in [-0.1, -0.05) is 25.1 Å². The van der Waals surface area contributed by atoms with Gasteiger partial charge in [0.2, 0.25) is 0 Å². The smallest absolute Gasteiger partial charge is 0.367 e. The average molecular weight is 399 g/mol. The normalized spacial score (nSPS) is 13.5. The van der Waals surface area contributed by atoms with Crippen molar-refractivity contribution in [3.8, 4) is 0 Å². The highest BCUT2D eigenvalue weighted by Crippen LogP contribution is 2.68. The molecule has 24 heavy (non-hydrogen) atoms. The van der Waals surface area contributed by atoms with Crippen LogP contribution in [-0.4, -0.2) is 60.1 Å². The van der Waals surface area contributed by atoms with Gasteiger partial charge in [0, 0.05) is 30.2 Å². The number of aliphatic hydroxyl groups is 1. The third-order valence-electron chi connectivity index (χ3n) is 3.56. The van der Waals surface area contributed by atoms with Crippen molar-refractivity contribution >= 4 is 27.0 Å². The number of thioether (sulfide) groups is 1. The minimum Gasteiger partial charge on any atom is -0.367 e. The van der Waals surface area contributed by atoms with Gasteiger partial charge in [0.15, 0.2) is 0 Å². The van der Waals surface area contributed by atoms with Crippen LogP contribution in [0.25, 0.3) is 0 Å². The second kappa shape index (κ2) is 8.94. The predicted octanol–water partition coefficient (Wildman–Crippen LogP) is 1.49. The van der Waals surface area contributed by atoms with Crippen LogP contribution in [-0.2, 0) is 9.13 Å². The van der Waals surface area contributed by atoms with Gasteiger partial charge >= 0.3 is 15.2 Å². The first-order valence-corrected chi connectivity index (χ1v) is 11.5. The SMILES string of the molecule is CCN(CCSc1ccccc1)CCC(O)(P(=O)(O)O)P(=O)(O)O. The van der Waals surface area contributed by atoms with Gasteiger partial charge < -0.3 is 29.6 Å². The molecule has 0 heterocycles. The van der Waals surface area contributed by atoms with Gasteiger partial charge in [-0.3, -0.25) is 9.13 Å². The first-order chi connectivity index (χ1) is 11.0. The first-order valence-electron chi connectivity index (χ1n) is 7.25. The molecule has 0 bridgehead atoms. The van der Waals surface area contributed by atoms with Gasteiger partial charge in [-0.05, 0) is 18.7 Å². The summed E-state index contributed by atoms with van der Waals surface area (Å²) in [4.78, 5) is 39.4. The van der Waals surface area contributed by atoms with Crippen LogP contribution in [0.2, 0.25) is 0 Å². The lowest BCUT2D eigenvalue weighted by Gasteiger charge is -2.31. The molecule has 0 radical (unpaired) electrons. The number of rotatable bonds is 10. The molecule has 1 aromatic rings. The Hall–Kier alpha value is -0.210. The van der Waals surface area contributed by atoms with Crippen LogP contribution < -0.4 is 0 Å². The summed E-state index contributed by atoms with van der Waals surface area (Å²) in [6.45, 7) is 2.85. The van der Waals surface area contributed by atoms with Crippen molar-refractivity contribution < 1.29 is 33.8 Å². The summed E-state index contributed by atoms with van der Waals surface area (Å²) in [7, 11) is -10.8. The number of hydrogen-bond acceptors (Lipinski definition) is 5. The predicted molar refractivity (Wildman–Crippen MR) is 92.9 cm³/mol. The van der Waals surface area contributed by atoms with E-state index in [1.54, 1.807) is 16.7 Å². The topological polar surface area (TPSA) is 139 Å². The van der Waals surface area contributed by atoms with E-state index < -0.39 is 26.7 Å². The van der Waals surface area contributed by atoms with E-state index in [0.29, 0.717) is 18.8 Å². The van der Waals surface area contributed by atoms with E-state index in [1.807, 2.05) is 37.3 Å². The molecule has 0 spiro atoms. The molecule has 0 saturated carbocycles. The minimum absolute atomic E-state index is 0.0431. The Labute approximate surface area is 145 Å². The molecule has 0 unspecified atom stereocenters. The number of hydrogen-bond donors (Lipinski definition) is 5. The summed E-state index contributed by atoms with van der Waals surface area (Å²) in [5.74, 6) is 0.697. The Morgan fingerprint density at radius 2 is 1.58 bits per heavy atom. The standard InChI is InChI=1S/C13H23NO7P2S/c1-2-14(10-11-24-12-6-4-3-5-7-12)9-8-13(15,22(16,17)18)23(19,20)21/h3-7,15H,2,8-11H2,1H3,(H2,16,17,18)(H2,19,20,21). The van der Waals surface area contributed by atoms with Crippen LogP contribution in [0.3, 0.4) is 0 Å². The largest absolute Gasteiger partial charge is 0.369 e. The molecule has 0 aromatic heterocycles. The molecular weight excluding hydrogens is 376 g/mol. The van der Waals surface area contributed by atoms with Crippen LogP contribution in [0.4, 0.5) is 0 Å². The zero-order chi connectivity index (χ0) is 18.4. The maximum atomic E-state index is 11.3. The molecule has 1 aromatic carbocycles. The van der Waals surface area contributed by atoms with Gasteiger partial charge in [0.1, 0.15) is 0 Å². The van der Waals surface area contributed by atoms with E-state index in [-0.39, 0.29) is 6.54 Å². The van der Waals surface area contributed by atoms with Crippen molar-refractivity contribution in [2.75, 3.05) is 25.4 Å². The van der Waals surface area contributed by atoms with Crippen molar-refractivity contribution in [2.45, 2.75) is 23.3 Å². The molecule has 138 valence electrons. The van der Waals surface area contributed by atoms with Crippen molar-refractivity contribution in [3.63, 3.8) is 0 Å². The molecule has 0 atom stereocenters. The molecule has 0 aliphatic heterocycles. The van der Waals surface area contributed by atoms with Gasteiger partial charge in [-0.15, -0.1) is 11.8 Å². The van der Waals surface area contributed by atoms with E-state index in [0.717, 1.165) is 4.90 Å². The quantitative estimate of drug-likeness (QED) is 0.292. The lowest BCUT2D eigenvalue weighted by atomic mass is 10.4. The van der Waals surface area contributed by atoms with Gasteiger partial charge in [0.05, 0.1) is 0 Å². The molecule has 11 heteroatoms. The van der Waals surface area contributed by atoms with Gasteiger partial charge in [-0.2, -0.15) is 0 Å². The lowest BCUT2D eigenvalue weighted by molar-refractivity contribution is 0.110. The third kappa shape index (κ3) is 5.95. The summed E-state index contributed by atoms with van der Waals surface area (Å²) < 4.78 is 22.7. The lowest BCUT2D eigenvalue weighted by Crippen LogP contribution is -2.36. The molecule has 0 aliphatic rings. The molecule has 0 saturated heterocycles. The second-order valence-corrected chi connectivity index (χ2v) is 10.4. The Morgan fingerprint density at radius 1 is 1.04 bits per heavy atom. The van der Waals surface area contributed by atoms with Crippen LogP contribution in [0, 0.1) is 0 Å². The second-order valence-electron chi connectivity index (χ2n) is 5.21. The number of benzene rings is 1. The van der Waals surface area contributed by atoms with E-state index >= 15 is 0 Å². The molecule has 0 aliphatic carbocycles. The van der Waals surface area contributed by atoms with E-state index in [4.69, 9.17) is 19.6 Å². The maximum Gasteiger partial charge on any atom is 0.369 e. The van der Waals surface area contributed by atoms with Gasteiger partial charge in [0.25, 0.3) is 5.08 Å². The maximum absolute atomic E-state index is 11.3. The van der Waals surface area contributed by atoms with Crippen molar-refractivity contribution in [1.29, 1.82) is 0 Å². The fourth-order valence-corrected chi connectivity index (χ4v) is 5.08. The monoisotopic (exact) mass is 399 g/mol. The highest BCUT2D eigenvalue weighted by Gasteiger charge is 2.58. The van der Waals surface area contributed by atoms with Gasteiger partial charge in [-0.25, -0.2) is 0 Å². The first kappa shape index (κ1) is 21.8. The Bertz CT molecular complexity index is 582. The van der Waals surface area contributed by atoms with Crippen LogP contribution in [0.5, 0.6) is 0 Å². The Balaban J connectivity index is 2.61. The van der Waals surface area contributed by atoms with Crippen LogP contribution >= 0.6 is 27.0 Å². The molecule has 5 N–H and O–H groups in total. The summed E-state index contributed by atoms with van der Waals surface area (Å²) in [6, 6.07) is 9.66. The van der Waals surface area contributed by atoms with Crippen molar-refractivity contribution in [3.05, 3.63) is 30.3 Å². The number of nitrogens with zero attached hydrogens (tertiary/aromatic N) is 1. The van der Waals surface area contributed by atoms with E-state index in [2.05, 4.69) is 0 Å². The summed E-state index contributed by atoms with van der Waals surface area (Å²) in [5.41, 5.74) is 0. The minimum atomic E-state index is -5.39. The molecule has 1 rings (SSSR count). The summed E-state index contributed by atoms with van der Waals surface area (Å²) in [6.07, 6.45) is -0.717. The molecule has 0 fully saturated rings. The zero-order valence-electron chi connectivity index (χ0n) is 13.2. The fraction of sp³-hybridized carbons (Fsp3) is 0.538. The van der Waals surface area contributed by atoms with Crippen LogP contribution in [0.1, 0.15) is 13.3 Å². The molecular formula is C13H23NO7P2S. The molecule has 8 nitrogen and oxygen atoms in total. The average Bonchev–Trinajstić information content (AvgIpc) is 2.49. The zero-order valence-corrected chi connectivity index (χ0v) is 15.8. The Morgan fingerprint density at radius 3 is 2.04 bits per heavy atom. The summed E-state index contributed by atoms with van der Waals surface area (Å²) in [5, 5.41) is 6.53. The highest BCUT2D eigenvalue weighted by atomic mass is 32.2.